The zero-order valence-electron chi connectivity index (χ0n) is 12.3. The van der Waals surface area contributed by atoms with Crippen molar-refractivity contribution in [3.63, 3.8) is 0 Å². The van der Waals surface area contributed by atoms with Crippen LogP contribution in [0.4, 0.5) is 0 Å². The molecule has 0 radical (unpaired) electrons. The summed E-state index contributed by atoms with van der Waals surface area (Å²) < 4.78 is 0. The van der Waals surface area contributed by atoms with E-state index in [-0.39, 0.29) is 0 Å². The van der Waals surface area contributed by atoms with Gasteiger partial charge < -0.3 is 10.6 Å². The fourth-order valence-corrected chi connectivity index (χ4v) is 4.64. The molecular formula is C18H26N2. The van der Waals surface area contributed by atoms with Crippen molar-refractivity contribution >= 4 is 0 Å². The molecule has 0 spiro atoms. The molecule has 1 aromatic carbocycles. The second-order valence-corrected chi connectivity index (χ2v) is 6.91. The van der Waals surface area contributed by atoms with Crippen molar-refractivity contribution in [3.05, 3.63) is 35.4 Å². The van der Waals surface area contributed by atoms with E-state index in [9.17, 15) is 0 Å². The van der Waals surface area contributed by atoms with Crippen LogP contribution in [0.5, 0.6) is 0 Å². The Balaban J connectivity index is 1.33. The van der Waals surface area contributed by atoms with Crippen molar-refractivity contribution < 1.29 is 0 Å². The number of hydrogen-bond donors (Lipinski definition) is 2. The highest BCUT2D eigenvalue weighted by Gasteiger charge is 2.35. The summed E-state index contributed by atoms with van der Waals surface area (Å²) in [6, 6.07) is 10.5. The lowest BCUT2D eigenvalue weighted by atomic mass is 9.77. The lowest BCUT2D eigenvalue weighted by Crippen LogP contribution is -2.44. The van der Waals surface area contributed by atoms with Crippen LogP contribution in [0.3, 0.4) is 0 Å². The van der Waals surface area contributed by atoms with E-state index >= 15 is 0 Å². The molecule has 1 aliphatic heterocycles. The Morgan fingerprint density at radius 2 is 2.05 bits per heavy atom. The molecule has 0 amide bonds. The van der Waals surface area contributed by atoms with Gasteiger partial charge in [-0.05, 0) is 55.7 Å². The maximum Gasteiger partial charge on any atom is 0.0111 e. The van der Waals surface area contributed by atoms with E-state index < -0.39 is 0 Å². The van der Waals surface area contributed by atoms with Crippen molar-refractivity contribution in [3.8, 4) is 0 Å². The zero-order chi connectivity index (χ0) is 13.4. The standard InChI is InChI=1S/C18H26N2/c1-2-6-15-13(5-1)11-14(15)12-20-18-8-3-7-16(18)17-9-4-10-19-17/h1-2,5-6,14,16-20H,3-4,7-12H2. The minimum atomic E-state index is 0.762. The average Bonchev–Trinajstić information content (AvgIpc) is 3.09. The summed E-state index contributed by atoms with van der Waals surface area (Å²) in [6.07, 6.45) is 8.29. The van der Waals surface area contributed by atoms with Gasteiger partial charge >= 0.3 is 0 Å². The molecule has 2 N–H and O–H groups in total. The Kier molecular flexibility index (Phi) is 3.53. The van der Waals surface area contributed by atoms with Crippen LogP contribution >= 0.6 is 0 Å². The normalized spacial score (nSPS) is 35.8. The number of rotatable bonds is 4. The monoisotopic (exact) mass is 270 g/mol. The Bertz CT molecular complexity index is 464. The summed E-state index contributed by atoms with van der Waals surface area (Å²) >= 11 is 0. The molecule has 4 atom stereocenters. The summed E-state index contributed by atoms with van der Waals surface area (Å²) in [6.45, 7) is 2.43. The van der Waals surface area contributed by atoms with Crippen molar-refractivity contribution in [2.24, 2.45) is 5.92 Å². The molecule has 2 aliphatic carbocycles. The fourth-order valence-electron chi connectivity index (χ4n) is 4.64. The van der Waals surface area contributed by atoms with Gasteiger partial charge in [-0.1, -0.05) is 30.7 Å². The molecule has 1 aromatic rings. The molecule has 0 bridgehead atoms. The van der Waals surface area contributed by atoms with E-state index in [1.54, 1.807) is 11.1 Å². The van der Waals surface area contributed by atoms with Gasteiger partial charge in [-0.15, -0.1) is 0 Å². The summed E-state index contributed by atoms with van der Waals surface area (Å²) in [4.78, 5) is 0. The van der Waals surface area contributed by atoms with Gasteiger partial charge in [0, 0.05) is 24.5 Å². The molecular weight excluding hydrogens is 244 g/mol. The van der Waals surface area contributed by atoms with Crippen LogP contribution in [0.2, 0.25) is 0 Å². The van der Waals surface area contributed by atoms with Crippen molar-refractivity contribution in [2.45, 2.75) is 56.5 Å². The van der Waals surface area contributed by atoms with Crippen LogP contribution < -0.4 is 10.6 Å². The van der Waals surface area contributed by atoms with Crippen LogP contribution in [-0.4, -0.2) is 25.2 Å². The van der Waals surface area contributed by atoms with Crippen molar-refractivity contribution in [1.29, 1.82) is 0 Å². The van der Waals surface area contributed by atoms with E-state index in [1.807, 2.05) is 0 Å². The number of benzene rings is 1. The third-order valence-corrected chi connectivity index (χ3v) is 5.77. The highest BCUT2D eigenvalue weighted by Crippen LogP contribution is 2.36. The minimum Gasteiger partial charge on any atom is -0.314 e. The van der Waals surface area contributed by atoms with E-state index in [0.717, 1.165) is 23.9 Å². The first kappa shape index (κ1) is 12.8. The van der Waals surface area contributed by atoms with Gasteiger partial charge in [-0.3, -0.25) is 0 Å². The fraction of sp³-hybridized carbons (Fsp3) is 0.667. The quantitative estimate of drug-likeness (QED) is 0.879. The Labute approximate surface area is 122 Å². The highest BCUT2D eigenvalue weighted by molar-refractivity contribution is 5.40. The molecule has 20 heavy (non-hydrogen) atoms. The molecule has 1 heterocycles. The van der Waals surface area contributed by atoms with E-state index in [2.05, 4.69) is 34.9 Å². The molecule has 2 nitrogen and oxygen atoms in total. The molecule has 4 rings (SSSR count). The van der Waals surface area contributed by atoms with Crippen LogP contribution in [0.25, 0.3) is 0 Å². The molecule has 2 fully saturated rings. The second-order valence-electron chi connectivity index (χ2n) is 6.91. The summed E-state index contributed by atoms with van der Waals surface area (Å²) in [5, 5.41) is 7.63. The maximum atomic E-state index is 3.91. The Morgan fingerprint density at radius 3 is 2.90 bits per heavy atom. The predicted octanol–water partition coefficient (Wildman–Crippen LogP) is 2.84. The van der Waals surface area contributed by atoms with Gasteiger partial charge in [0.15, 0.2) is 0 Å². The first-order valence-corrected chi connectivity index (χ1v) is 8.46. The maximum absolute atomic E-state index is 3.91. The van der Waals surface area contributed by atoms with E-state index in [0.29, 0.717) is 0 Å². The number of nitrogens with one attached hydrogen (secondary N) is 2. The van der Waals surface area contributed by atoms with Gasteiger partial charge in [0.1, 0.15) is 0 Å². The molecule has 3 aliphatic rings. The Morgan fingerprint density at radius 1 is 1.10 bits per heavy atom. The van der Waals surface area contributed by atoms with E-state index in [4.69, 9.17) is 0 Å². The van der Waals surface area contributed by atoms with Crippen molar-refractivity contribution in [1.82, 2.24) is 10.6 Å². The third kappa shape index (κ3) is 2.29. The van der Waals surface area contributed by atoms with Gasteiger partial charge in [0.2, 0.25) is 0 Å². The lowest BCUT2D eigenvalue weighted by molar-refractivity contribution is 0.313. The molecule has 4 unspecified atom stereocenters. The Hall–Kier alpha value is -0.860. The molecule has 1 saturated carbocycles. The van der Waals surface area contributed by atoms with Crippen LogP contribution in [0.15, 0.2) is 24.3 Å². The van der Waals surface area contributed by atoms with Gasteiger partial charge in [0.25, 0.3) is 0 Å². The smallest absolute Gasteiger partial charge is 0.0111 e. The first-order valence-electron chi connectivity index (χ1n) is 8.46. The molecule has 2 heteroatoms. The molecule has 1 saturated heterocycles. The summed E-state index contributed by atoms with van der Waals surface area (Å²) in [5.41, 5.74) is 3.16. The van der Waals surface area contributed by atoms with Crippen LogP contribution in [0, 0.1) is 5.92 Å². The van der Waals surface area contributed by atoms with Crippen LogP contribution in [0.1, 0.15) is 49.1 Å². The number of fused-ring (bicyclic) bond motifs is 1. The predicted molar refractivity (Wildman–Crippen MR) is 83.0 cm³/mol. The third-order valence-electron chi connectivity index (χ3n) is 5.77. The molecule has 108 valence electrons. The minimum absolute atomic E-state index is 0.762. The largest absolute Gasteiger partial charge is 0.314 e. The summed E-state index contributed by atoms with van der Waals surface area (Å²) in [5.74, 6) is 1.65. The van der Waals surface area contributed by atoms with Crippen LogP contribution in [-0.2, 0) is 6.42 Å². The summed E-state index contributed by atoms with van der Waals surface area (Å²) in [7, 11) is 0. The lowest BCUT2D eigenvalue weighted by Gasteiger charge is -2.33. The highest BCUT2D eigenvalue weighted by atomic mass is 15.0. The topological polar surface area (TPSA) is 24.1 Å². The van der Waals surface area contributed by atoms with Crippen molar-refractivity contribution in [2.75, 3.05) is 13.1 Å². The molecule has 0 aromatic heterocycles. The number of hydrogen-bond acceptors (Lipinski definition) is 2. The van der Waals surface area contributed by atoms with E-state index in [1.165, 1.54) is 51.6 Å². The zero-order valence-corrected chi connectivity index (χ0v) is 12.3. The van der Waals surface area contributed by atoms with Gasteiger partial charge in [-0.25, -0.2) is 0 Å². The first-order chi connectivity index (χ1) is 9.92. The SMILES string of the molecule is c1ccc2c(c1)CC2CNC1CCCC1C1CCCN1. The van der Waals surface area contributed by atoms with Gasteiger partial charge in [-0.2, -0.15) is 0 Å². The second kappa shape index (κ2) is 5.50. The van der Waals surface area contributed by atoms with Gasteiger partial charge in [0.05, 0.1) is 0 Å². The average molecular weight is 270 g/mol.